The second-order valence-electron chi connectivity index (χ2n) is 6.00. The number of rotatable bonds is 4. The molecule has 2 aromatic carbocycles. The highest BCUT2D eigenvalue weighted by molar-refractivity contribution is 6.05. The van der Waals surface area contributed by atoms with E-state index in [4.69, 9.17) is 0 Å². The number of amides is 1. The topological polar surface area (TPSA) is 52.9 Å². The molecule has 2 aromatic rings. The van der Waals surface area contributed by atoms with Gasteiger partial charge in [-0.25, -0.2) is 4.39 Å². The smallest absolute Gasteiger partial charge is 0.223 e. The van der Waals surface area contributed by atoms with Gasteiger partial charge in [-0.15, -0.1) is 0 Å². The molecule has 2 atom stereocenters. The standard InChI is InChI=1S/C19H19FN2O2/c1-13(14-7-3-2-4-8-14)22-12-15(11-18(22)23)19(21-24)16-9-5-6-10-17(16)20/h2-10,13,15,24H,11-12H2,1H3/b21-19+/t13-,15?/m0/s1. The zero-order valence-electron chi connectivity index (χ0n) is 13.4. The first-order chi connectivity index (χ1) is 11.6. The number of hydrogen-bond donors (Lipinski definition) is 1. The normalized spacial score (nSPS) is 19.6. The van der Waals surface area contributed by atoms with Crippen LogP contribution < -0.4 is 0 Å². The Kier molecular flexibility index (Phi) is 4.60. The number of likely N-dealkylation sites (tertiary alicyclic amines) is 1. The van der Waals surface area contributed by atoms with E-state index >= 15 is 0 Å². The monoisotopic (exact) mass is 326 g/mol. The van der Waals surface area contributed by atoms with Crippen LogP contribution in [0.5, 0.6) is 0 Å². The fourth-order valence-electron chi connectivity index (χ4n) is 3.22. The number of halogens is 1. The molecule has 1 amide bonds. The summed E-state index contributed by atoms with van der Waals surface area (Å²) >= 11 is 0. The third-order valence-corrected chi connectivity index (χ3v) is 4.55. The lowest BCUT2D eigenvalue weighted by Crippen LogP contribution is -2.29. The highest BCUT2D eigenvalue weighted by atomic mass is 19.1. The van der Waals surface area contributed by atoms with Crippen LogP contribution in [0.2, 0.25) is 0 Å². The number of carbonyl (C=O) groups excluding carboxylic acids is 1. The third kappa shape index (κ3) is 3.02. The lowest BCUT2D eigenvalue weighted by atomic mass is 9.95. The number of carbonyl (C=O) groups is 1. The Hall–Kier alpha value is -2.69. The van der Waals surface area contributed by atoms with E-state index < -0.39 is 5.82 Å². The van der Waals surface area contributed by atoms with E-state index in [2.05, 4.69) is 5.16 Å². The van der Waals surface area contributed by atoms with Gasteiger partial charge in [0.15, 0.2) is 0 Å². The Morgan fingerprint density at radius 3 is 2.54 bits per heavy atom. The predicted octanol–water partition coefficient (Wildman–Crippen LogP) is 3.61. The summed E-state index contributed by atoms with van der Waals surface area (Å²) in [6.45, 7) is 2.37. The molecule has 124 valence electrons. The van der Waals surface area contributed by atoms with Crippen LogP contribution in [-0.4, -0.2) is 28.3 Å². The molecule has 0 spiro atoms. The first-order valence-electron chi connectivity index (χ1n) is 7.93. The Bertz CT molecular complexity index is 761. The molecule has 1 unspecified atom stereocenters. The molecule has 3 rings (SSSR count). The van der Waals surface area contributed by atoms with E-state index in [0.29, 0.717) is 6.54 Å². The van der Waals surface area contributed by atoms with Gasteiger partial charge in [0.05, 0.1) is 11.8 Å². The molecule has 1 heterocycles. The SMILES string of the molecule is C[C@@H](c1ccccc1)N1CC(/C(=N\O)c2ccccc2F)CC1=O. The highest BCUT2D eigenvalue weighted by Gasteiger charge is 2.37. The summed E-state index contributed by atoms with van der Waals surface area (Å²) in [6.07, 6.45) is 0.213. The van der Waals surface area contributed by atoms with Crippen molar-refractivity contribution in [3.05, 3.63) is 71.5 Å². The maximum Gasteiger partial charge on any atom is 0.223 e. The summed E-state index contributed by atoms with van der Waals surface area (Å²) in [7, 11) is 0. The molecule has 1 aliphatic heterocycles. The number of benzene rings is 2. The largest absolute Gasteiger partial charge is 0.411 e. The predicted molar refractivity (Wildman–Crippen MR) is 89.4 cm³/mol. The fraction of sp³-hybridized carbons (Fsp3) is 0.263. The minimum absolute atomic E-state index is 0.0196. The number of nitrogens with zero attached hydrogens (tertiary/aromatic N) is 2. The molecular formula is C19H19FN2O2. The molecule has 1 aliphatic rings. The van der Waals surface area contributed by atoms with Crippen molar-refractivity contribution in [3.63, 3.8) is 0 Å². The van der Waals surface area contributed by atoms with Crippen LogP contribution in [0.15, 0.2) is 59.8 Å². The van der Waals surface area contributed by atoms with Crippen molar-refractivity contribution in [2.75, 3.05) is 6.54 Å². The first-order valence-corrected chi connectivity index (χ1v) is 7.93. The zero-order chi connectivity index (χ0) is 17.1. The Balaban J connectivity index is 1.83. The van der Waals surface area contributed by atoms with Crippen LogP contribution in [0.4, 0.5) is 4.39 Å². The van der Waals surface area contributed by atoms with Crippen molar-refractivity contribution in [3.8, 4) is 0 Å². The maximum atomic E-state index is 14.0. The van der Waals surface area contributed by atoms with Crippen LogP contribution in [0, 0.1) is 11.7 Å². The van der Waals surface area contributed by atoms with Crippen LogP contribution in [0.25, 0.3) is 0 Å². The molecule has 1 saturated heterocycles. The Labute approximate surface area is 140 Å². The van der Waals surface area contributed by atoms with E-state index in [1.54, 1.807) is 23.1 Å². The van der Waals surface area contributed by atoms with Gasteiger partial charge in [0, 0.05) is 24.4 Å². The van der Waals surface area contributed by atoms with E-state index in [1.165, 1.54) is 6.07 Å². The average molecular weight is 326 g/mol. The molecule has 1 N–H and O–H groups in total. The molecule has 4 nitrogen and oxygen atoms in total. The van der Waals surface area contributed by atoms with E-state index in [1.807, 2.05) is 37.3 Å². The number of hydrogen-bond acceptors (Lipinski definition) is 3. The van der Waals surface area contributed by atoms with Crippen molar-refractivity contribution in [1.82, 2.24) is 4.90 Å². The van der Waals surface area contributed by atoms with Gasteiger partial charge in [-0.1, -0.05) is 53.7 Å². The molecular weight excluding hydrogens is 307 g/mol. The van der Waals surface area contributed by atoms with Gasteiger partial charge in [-0.3, -0.25) is 4.79 Å². The second-order valence-corrected chi connectivity index (χ2v) is 6.00. The maximum absolute atomic E-state index is 14.0. The van der Waals surface area contributed by atoms with Gasteiger partial charge in [0.25, 0.3) is 0 Å². The third-order valence-electron chi connectivity index (χ3n) is 4.55. The zero-order valence-corrected chi connectivity index (χ0v) is 13.4. The van der Waals surface area contributed by atoms with Gasteiger partial charge < -0.3 is 10.1 Å². The average Bonchev–Trinajstić information content (AvgIpc) is 2.99. The molecule has 5 heteroatoms. The van der Waals surface area contributed by atoms with Crippen LogP contribution in [-0.2, 0) is 4.79 Å². The minimum atomic E-state index is -0.452. The molecule has 0 radical (unpaired) electrons. The van der Waals surface area contributed by atoms with Crippen molar-refractivity contribution in [2.24, 2.45) is 11.1 Å². The van der Waals surface area contributed by atoms with Gasteiger partial charge >= 0.3 is 0 Å². The molecule has 0 bridgehead atoms. The number of oxime groups is 1. The lowest BCUT2D eigenvalue weighted by molar-refractivity contribution is -0.129. The highest BCUT2D eigenvalue weighted by Crippen LogP contribution is 2.30. The molecule has 0 saturated carbocycles. The molecule has 1 fully saturated rings. The summed E-state index contributed by atoms with van der Waals surface area (Å²) in [5.74, 6) is -0.799. The minimum Gasteiger partial charge on any atom is -0.411 e. The van der Waals surface area contributed by atoms with Gasteiger partial charge in [0.1, 0.15) is 5.82 Å². The van der Waals surface area contributed by atoms with Crippen molar-refractivity contribution in [2.45, 2.75) is 19.4 Å². The first kappa shape index (κ1) is 16.2. The summed E-state index contributed by atoms with van der Waals surface area (Å²) in [6, 6.07) is 15.8. The van der Waals surface area contributed by atoms with E-state index in [0.717, 1.165) is 5.56 Å². The van der Waals surface area contributed by atoms with Crippen molar-refractivity contribution in [1.29, 1.82) is 0 Å². The van der Waals surface area contributed by atoms with Crippen LogP contribution >= 0.6 is 0 Å². The van der Waals surface area contributed by atoms with Crippen LogP contribution in [0.3, 0.4) is 0 Å². The summed E-state index contributed by atoms with van der Waals surface area (Å²) in [5, 5.41) is 12.7. The van der Waals surface area contributed by atoms with Gasteiger partial charge in [-0.05, 0) is 18.6 Å². The molecule has 0 aromatic heterocycles. The van der Waals surface area contributed by atoms with Gasteiger partial charge in [-0.2, -0.15) is 0 Å². The van der Waals surface area contributed by atoms with Crippen molar-refractivity contribution < 1.29 is 14.4 Å². The molecule has 24 heavy (non-hydrogen) atoms. The van der Waals surface area contributed by atoms with E-state index in [-0.39, 0.29) is 35.6 Å². The van der Waals surface area contributed by atoms with Crippen molar-refractivity contribution >= 4 is 11.6 Å². The van der Waals surface area contributed by atoms with E-state index in [9.17, 15) is 14.4 Å². The Morgan fingerprint density at radius 2 is 1.88 bits per heavy atom. The summed E-state index contributed by atoms with van der Waals surface area (Å²) in [5.41, 5.74) is 1.51. The lowest BCUT2D eigenvalue weighted by Gasteiger charge is -2.25. The molecule has 0 aliphatic carbocycles. The summed E-state index contributed by atoms with van der Waals surface area (Å²) in [4.78, 5) is 14.2. The second kappa shape index (κ2) is 6.83. The fourth-order valence-corrected chi connectivity index (χ4v) is 3.22. The van der Waals surface area contributed by atoms with Gasteiger partial charge in [0.2, 0.25) is 5.91 Å². The van der Waals surface area contributed by atoms with Crippen LogP contribution in [0.1, 0.15) is 30.5 Å². The summed E-state index contributed by atoms with van der Waals surface area (Å²) < 4.78 is 14.0. The Morgan fingerprint density at radius 1 is 1.21 bits per heavy atom. The quantitative estimate of drug-likeness (QED) is 0.530.